The van der Waals surface area contributed by atoms with E-state index in [4.69, 9.17) is 4.74 Å². The molecule has 3 fully saturated rings. The van der Waals surface area contributed by atoms with Crippen LogP contribution in [0.3, 0.4) is 0 Å². The van der Waals surface area contributed by atoms with E-state index >= 15 is 0 Å². The summed E-state index contributed by atoms with van der Waals surface area (Å²) in [6.07, 6.45) is 1.89. The van der Waals surface area contributed by atoms with Crippen LogP contribution in [-0.2, 0) is 15.1 Å². The molecular formula is C27H32NO3+. The average molecular weight is 419 g/mol. The number of aliphatic hydroxyl groups is 1. The molecule has 3 saturated heterocycles. The Morgan fingerprint density at radius 3 is 2.13 bits per heavy atom. The predicted octanol–water partition coefficient (Wildman–Crippen LogP) is 3.73. The first kappa shape index (κ1) is 21.6. The fourth-order valence-corrected chi connectivity index (χ4v) is 4.98. The normalized spacial score (nSPS) is 25.0. The monoisotopic (exact) mass is 418 g/mol. The number of nitrogens with zero attached hydrogens (tertiary/aromatic N) is 1. The van der Waals surface area contributed by atoms with E-state index in [0.29, 0.717) is 23.0 Å². The van der Waals surface area contributed by atoms with Crippen molar-refractivity contribution >= 4 is 5.97 Å². The van der Waals surface area contributed by atoms with Crippen molar-refractivity contribution < 1.29 is 19.1 Å². The highest BCUT2D eigenvalue weighted by molar-refractivity contribution is 5.85. The largest absolute Gasteiger partial charge is 0.453 e. The maximum atomic E-state index is 13.5. The van der Waals surface area contributed by atoms with E-state index in [-0.39, 0.29) is 6.10 Å². The van der Waals surface area contributed by atoms with Gasteiger partial charge in [0.15, 0.2) is 6.10 Å². The third-order valence-electron chi connectivity index (χ3n) is 6.78. The van der Waals surface area contributed by atoms with Crippen molar-refractivity contribution in [3.05, 3.63) is 71.8 Å². The third kappa shape index (κ3) is 4.39. The van der Waals surface area contributed by atoms with Crippen LogP contribution in [0.1, 0.15) is 37.8 Å². The Labute approximate surface area is 185 Å². The van der Waals surface area contributed by atoms with Gasteiger partial charge in [-0.25, -0.2) is 4.79 Å². The maximum Gasteiger partial charge on any atom is 0.348 e. The summed E-state index contributed by atoms with van der Waals surface area (Å²) in [5.74, 6) is 6.77. The molecule has 1 N–H and O–H groups in total. The van der Waals surface area contributed by atoms with Crippen molar-refractivity contribution in [2.75, 3.05) is 26.2 Å². The molecule has 1 atom stereocenters. The first-order valence-corrected chi connectivity index (χ1v) is 11.3. The van der Waals surface area contributed by atoms with E-state index < -0.39 is 11.6 Å². The topological polar surface area (TPSA) is 46.5 Å². The standard InChI is InChI=1S/C27H32NO3/c1-21(2)10-9-17-28-18-15-22(16-19-28)25(20-28)31-26(29)27(30,23-11-5-3-6-12-23)24-13-7-4-8-14-24/h3-8,11-14,21-22,25,30H,15-20H2,1-2H3/q+1/t22?,25-,28?/m0/s1. The maximum absolute atomic E-state index is 13.5. The number of quaternary nitrogens is 1. The molecule has 0 unspecified atom stereocenters. The molecule has 0 spiro atoms. The fraction of sp³-hybridized carbons (Fsp3) is 0.444. The minimum absolute atomic E-state index is 0.185. The molecule has 3 aliphatic rings. The first-order valence-electron chi connectivity index (χ1n) is 11.3. The molecular weight excluding hydrogens is 386 g/mol. The van der Waals surface area contributed by atoms with Crippen LogP contribution >= 0.6 is 0 Å². The van der Waals surface area contributed by atoms with Gasteiger partial charge in [-0.15, -0.1) is 0 Å². The molecule has 0 radical (unpaired) electrons. The molecule has 4 heteroatoms. The van der Waals surface area contributed by atoms with Crippen molar-refractivity contribution in [1.82, 2.24) is 0 Å². The molecule has 0 aromatic heterocycles. The lowest BCUT2D eigenvalue weighted by Crippen LogP contribution is -2.65. The molecule has 2 aromatic carbocycles. The Balaban J connectivity index is 1.58. The number of rotatable bonds is 5. The zero-order valence-corrected chi connectivity index (χ0v) is 18.5. The summed E-state index contributed by atoms with van der Waals surface area (Å²) in [7, 11) is 0. The highest BCUT2D eigenvalue weighted by Crippen LogP contribution is 2.38. The zero-order valence-electron chi connectivity index (χ0n) is 18.5. The zero-order chi connectivity index (χ0) is 21.9. The first-order chi connectivity index (χ1) is 14.9. The van der Waals surface area contributed by atoms with E-state index in [1.165, 1.54) is 0 Å². The van der Waals surface area contributed by atoms with Crippen LogP contribution in [0.5, 0.6) is 0 Å². The van der Waals surface area contributed by atoms with Gasteiger partial charge in [-0.2, -0.15) is 0 Å². The van der Waals surface area contributed by atoms with Gasteiger partial charge in [0.1, 0.15) is 13.1 Å². The number of carbonyl (C=O) groups excluding carboxylic acids is 1. The van der Waals surface area contributed by atoms with Crippen LogP contribution in [0.25, 0.3) is 0 Å². The summed E-state index contributed by atoms with van der Waals surface area (Å²) in [6, 6.07) is 18.2. The Bertz CT molecular complexity index is 911. The van der Waals surface area contributed by atoms with E-state index in [1.807, 2.05) is 36.4 Å². The van der Waals surface area contributed by atoms with Gasteiger partial charge in [-0.1, -0.05) is 80.4 Å². The third-order valence-corrected chi connectivity index (χ3v) is 6.78. The van der Waals surface area contributed by atoms with Gasteiger partial charge in [-0.05, 0) is 17.0 Å². The van der Waals surface area contributed by atoms with Crippen LogP contribution < -0.4 is 0 Å². The fourth-order valence-electron chi connectivity index (χ4n) is 4.98. The van der Waals surface area contributed by atoms with Crippen LogP contribution in [0.2, 0.25) is 0 Å². The van der Waals surface area contributed by atoms with Gasteiger partial charge in [0.05, 0.1) is 13.1 Å². The van der Waals surface area contributed by atoms with Crippen LogP contribution in [-0.4, -0.2) is 47.8 Å². The second kappa shape index (κ2) is 8.86. The van der Waals surface area contributed by atoms with Gasteiger partial charge in [0.25, 0.3) is 0 Å². The average Bonchev–Trinajstić information content (AvgIpc) is 2.80. The molecule has 0 amide bonds. The highest BCUT2D eigenvalue weighted by atomic mass is 16.6. The second-order valence-corrected chi connectivity index (χ2v) is 9.33. The Hall–Kier alpha value is -2.61. The van der Waals surface area contributed by atoms with Crippen LogP contribution in [0.15, 0.2) is 60.7 Å². The minimum atomic E-state index is -1.82. The lowest BCUT2D eigenvalue weighted by atomic mass is 9.82. The Kier molecular flexibility index (Phi) is 6.18. The predicted molar refractivity (Wildman–Crippen MR) is 121 cm³/mol. The second-order valence-electron chi connectivity index (χ2n) is 9.33. The van der Waals surface area contributed by atoms with E-state index in [2.05, 4.69) is 25.7 Å². The summed E-state index contributed by atoms with van der Waals surface area (Å²) < 4.78 is 6.99. The number of hydrogen-bond acceptors (Lipinski definition) is 3. The van der Waals surface area contributed by atoms with Gasteiger partial charge >= 0.3 is 5.97 Å². The molecule has 4 nitrogen and oxygen atoms in total. The molecule has 5 rings (SSSR count). The minimum Gasteiger partial charge on any atom is -0.453 e. The van der Waals surface area contributed by atoms with Crippen LogP contribution in [0.4, 0.5) is 0 Å². The molecule has 3 aliphatic heterocycles. The smallest absolute Gasteiger partial charge is 0.348 e. The number of carbonyl (C=O) groups is 1. The number of hydrogen-bond donors (Lipinski definition) is 1. The van der Waals surface area contributed by atoms with Crippen molar-refractivity contribution in [3.63, 3.8) is 0 Å². The van der Waals surface area contributed by atoms with Crippen LogP contribution in [0, 0.1) is 23.7 Å². The van der Waals surface area contributed by atoms with Gasteiger partial charge < -0.3 is 14.3 Å². The van der Waals surface area contributed by atoms with Crippen molar-refractivity contribution in [3.8, 4) is 11.8 Å². The van der Waals surface area contributed by atoms with Gasteiger partial charge in [0.2, 0.25) is 5.60 Å². The number of piperidine rings is 3. The number of esters is 1. The molecule has 2 aromatic rings. The van der Waals surface area contributed by atoms with Gasteiger partial charge in [0, 0.05) is 24.7 Å². The Morgan fingerprint density at radius 2 is 1.61 bits per heavy atom. The molecule has 3 heterocycles. The quantitative estimate of drug-likeness (QED) is 0.457. The summed E-state index contributed by atoms with van der Waals surface area (Å²) in [6.45, 7) is 7.98. The number of benzene rings is 2. The lowest BCUT2D eigenvalue weighted by molar-refractivity contribution is -0.939. The number of ether oxygens (including phenoxy) is 1. The van der Waals surface area contributed by atoms with E-state index in [1.54, 1.807) is 24.3 Å². The molecule has 2 bridgehead atoms. The Morgan fingerprint density at radius 1 is 1.06 bits per heavy atom. The lowest BCUT2D eigenvalue weighted by Gasteiger charge is -2.51. The van der Waals surface area contributed by atoms with Gasteiger partial charge in [-0.3, -0.25) is 0 Å². The molecule has 0 saturated carbocycles. The summed E-state index contributed by atoms with van der Waals surface area (Å²) in [5, 5.41) is 11.7. The van der Waals surface area contributed by atoms with Crippen molar-refractivity contribution in [2.24, 2.45) is 11.8 Å². The number of fused-ring (bicyclic) bond motifs is 3. The van der Waals surface area contributed by atoms with Crippen molar-refractivity contribution in [2.45, 2.75) is 38.4 Å². The molecule has 31 heavy (non-hydrogen) atoms. The van der Waals surface area contributed by atoms with Crippen molar-refractivity contribution in [1.29, 1.82) is 0 Å². The molecule has 0 aliphatic carbocycles. The summed E-state index contributed by atoms with van der Waals surface area (Å²) >= 11 is 0. The molecule has 162 valence electrons. The highest BCUT2D eigenvalue weighted by Gasteiger charge is 2.50. The SMILES string of the molecule is CC(C)C#CC[N+]12CCC(CC1)[C@@H](OC(=O)C(O)(c1ccccc1)c1ccccc1)C2. The summed E-state index contributed by atoms with van der Waals surface area (Å²) in [5.41, 5.74) is -0.769. The summed E-state index contributed by atoms with van der Waals surface area (Å²) in [4.78, 5) is 13.5. The van der Waals surface area contributed by atoms with E-state index in [9.17, 15) is 9.90 Å². The van der Waals surface area contributed by atoms with E-state index in [0.717, 1.165) is 43.5 Å².